The Morgan fingerprint density at radius 1 is 0.492 bits per heavy atom. The van der Waals surface area contributed by atoms with Gasteiger partial charge in [0.2, 0.25) is 0 Å². The zero-order valence-corrected chi connectivity index (χ0v) is 32.8. The van der Waals surface area contributed by atoms with Crippen LogP contribution in [0.5, 0.6) is 0 Å². The number of aliphatic hydroxyl groups is 15. The van der Waals surface area contributed by atoms with E-state index in [-0.39, 0.29) is 59.5 Å². The predicted molar refractivity (Wildman–Crippen MR) is 185 cm³/mol. The van der Waals surface area contributed by atoms with Crippen LogP contribution in [0.3, 0.4) is 0 Å². The molecule has 61 heavy (non-hydrogen) atoms. The molecule has 10 fully saturated rings. The third-order valence-corrected chi connectivity index (χ3v) is 12.2. The molecule has 10 aliphatic rings. The minimum atomic E-state index is -1.24. The fourth-order valence-corrected chi connectivity index (χ4v) is 8.40. The van der Waals surface area contributed by atoms with Gasteiger partial charge in [0, 0.05) is 13.5 Å². The molecule has 0 aliphatic carbocycles. The summed E-state index contributed by atoms with van der Waals surface area (Å²) in [4.78, 5) is 9.96. The Bertz CT molecular complexity index is 1380. The lowest BCUT2D eigenvalue weighted by molar-refractivity contribution is -0.259. The Morgan fingerprint density at radius 2 is 0.918 bits per heavy atom. The van der Waals surface area contributed by atoms with Crippen LogP contribution in [0.1, 0.15) is 6.42 Å². The Hall–Kier alpha value is -1.12. The largest absolute Gasteiger partial charge is 0.393 e. The molecule has 10 bridgehead atoms. The highest BCUT2D eigenvalue weighted by atomic mass is 16.8. The maximum Gasteiger partial charge on any atom is 0.186 e. The fraction of sp³-hybridized carbons (Fsp3) is 1.00. The summed E-state index contributed by atoms with van der Waals surface area (Å²) in [7, 11) is 1.66. The van der Waals surface area contributed by atoms with Crippen molar-refractivity contribution in [1.82, 2.24) is 10.5 Å². The van der Waals surface area contributed by atoms with Gasteiger partial charge in [0.05, 0.1) is 65.9 Å². The monoisotopic (exact) mass is 898 g/mol. The van der Waals surface area contributed by atoms with Crippen molar-refractivity contribution in [2.24, 2.45) is 0 Å². The number of aliphatic hydroxyl groups excluding tert-OH is 15. The van der Waals surface area contributed by atoms with Gasteiger partial charge in [-0.05, 0) is 0 Å². The smallest absolute Gasteiger partial charge is 0.186 e. The van der Waals surface area contributed by atoms with Gasteiger partial charge in [0.25, 0.3) is 0 Å². The van der Waals surface area contributed by atoms with Crippen LogP contribution < -0.4 is 5.48 Å². The zero-order valence-electron chi connectivity index (χ0n) is 32.8. The van der Waals surface area contributed by atoms with Crippen molar-refractivity contribution in [3.8, 4) is 0 Å². The summed E-state index contributed by atoms with van der Waals surface area (Å²) < 4.78 is 45.1. The number of hydrogen-bond donors (Lipinski definition) is 16. The average Bonchev–Trinajstić information content (AvgIpc) is 3.82. The van der Waals surface area contributed by atoms with E-state index >= 15 is 0 Å². The van der Waals surface area contributed by atoms with Gasteiger partial charge in [-0.2, -0.15) is 10.5 Å². The van der Waals surface area contributed by atoms with Gasteiger partial charge >= 0.3 is 0 Å². The highest BCUT2D eigenvalue weighted by Gasteiger charge is 2.62. The third-order valence-electron chi connectivity index (χ3n) is 12.2. The van der Waals surface area contributed by atoms with Crippen molar-refractivity contribution in [2.45, 2.75) is 127 Å². The first kappa shape index (κ1) is 49.3. The molecule has 0 radical (unpaired) electrons. The minimum Gasteiger partial charge on any atom is -0.393 e. The van der Waals surface area contributed by atoms with Gasteiger partial charge in [0.15, 0.2) is 43.7 Å². The molecule has 28 nitrogen and oxygen atoms in total. The van der Waals surface area contributed by atoms with E-state index in [1.807, 2.05) is 0 Å². The van der Waals surface area contributed by atoms with Crippen molar-refractivity contribution < 1.29 is 129 Å². The SMILES string of the molecule is CN1C[C@]2(CO)O[C@@H](O)[C@@H](O1)C2O.OC[C@]12CCO[C@@H](C1O)[C@H](O)O2.OC[C@]12CNO[C@@H](C1O)[C@H](O)O2.OC[C@]12COCO[C@@H](C1O)[C@H](O)O2.OC[C@]12CO[C@@H](C1O)[C@H](O)O2. The number of rotatable bonds is 5. The van der Waals surface area contributed by atoms with Gasteiger partial charge < -0.3 is 119 Å². The van der Waals surface area contributed by atoms with E-state index in [0.717, 1.165) is 0 Å². The van der Waals surface area contributed by atoms with Crippen LogP contribution in [0.25, 0.3) is 0 Å². The molecule has 0 saturated carbocycles. The Labute approximate surface area is 346 Å². The van der Waals surface area contributed by atoms with Crippen molar-refractivity contribution in [3.63, 3.8) is 0 Å². The third kappa shape index (κ3) is 8.95. The summed E-state index contributed by atoms with van der Waals surface area (Å²) in [6.07, 6.45) is -14.1. The van der Waals surface area contributed by atoms with Crippen LogP contribution in [0, 0.1) is 0 Å². The van der Waals surface area contributed by atoms with Crippen molar-refractivity contribution >= 4 is 0 Å². The molecule has 0 amide bonds. The lowest BCUT2D eigenvalue weighted by Crippen LogP contribution is -2.58. The maximum absolute atomic E-state index is 9.66. The number of nitrogens with one attached hydrogen (secondary N) is 1. The number of fused-ring (bicyclic) bond motifs is 10. The van der Waals surface area contributed by atoms with Gasteiger partial charge in [0.1, 0.15) is 83.6 Å². The van der Waals surface area contributed by atoms with Crippen molar-refractivity contribution in [3.05, 3.63) is 0 Å². The first-order valence-corrected chi connectivity index (χ1v) is 19.3. The van der Waals surface area contributed by atoms with Gasteiger partial charge in [-0.1, -0.05) is 0 Å². The van der Waals surface area contributed by atoms with Crippen molar-refractivity contribution in [1.29, 1.82) is 0 Å². The molecule has 20 atom stereocenters. The number of hydroxylamine groups is 3. The summed E-state index contributed by atoms with van der Waals surface area (Å²) >= 11 is 0. The molecular weight excluding hydrogens is 840 g/mol. The van der Waals surface area contributed by atoms with Crippen LogP contribution in [0.2, 0.25) is 0 Å². The second-order valence-corrected chi connectivity index (χ2v) is 16.1. The van der Waals surface area contributed by atoms with E-state index in [1.54, 1.807) is 7.05 Å². The summed E-state index contributed by atoms with van der Waals surface area (Å²) in [5.74, 6) is 0. The van der Waals surface area contributed by atoms with Crippen LogP contribution in [0.4, 0.5) is 0 Å². The number of hydrogen-bond acceptors (Lipinski definition) is 28. The topological polar surface area (TPSA) is 420 Å². The van der Waals surface area contributed by atoms with E-state index in [0.29, 0.717) is 13.0 Å². The summed E-state index contributed by atoms with van der Waals surface area (Å²) in [5, 5.41) is 140. The minimum absolute atomic E-state index is 0.0100. The van der Waals surface area contributed by atoms with E-state index in [2.05, 4.69) is 5.48 Å². The van der Waals surface area contributed by atoms with E-state index in [4.69, 9.17) is 82.9 Å². The highest BCUT2D eigenvalue weighted by Crippen LogP contribution is 2.40. The normalized spacial score (nSPS) is 52.4. The number of ether oxygens (including phenoxy) is 9. The summed E-state index contributed by atoms with van der Waals surface area (Å²) in [5.41, 5.74) is -3.03. The van der Waals surface area contributed by atoms with Gasteiger partial charge in [-0.15, -0.1) is 0 Å². The average molecular weight is 899 g/mol. The second-order valence-electron chi connectivity index (χ2n) is 16.1. The van der Waals surface area contributed by atoms with E-state index < -0.39 is 127 Å². The molecular formula is C33H58N2O26. The van der Waals surface area contributed by atoms with E-state index in [9.17, 15) is 46.0 Å². The van der Waals surface area contributed by atoms with Gasteiger partial charge in [-0.25, -0.2) is 0 Å². The lowest BCUT2D eigenvalue weighted by Gasteiger charge is -2.38. The fourth-order valence-electron chi connectivity index (χ4n) is 8.40. The first-order chi connectivity index (χ1) is 28.9. The zero-order chi connectivity index (χ0) is 44.7. The number of likely N-dealkylation sites (N-methyl/N-ethyl adjacent to an activating group) is 1. The molecule has 0 aromatic heterocycles. The Morgan fingerprint density at radius 3 is 1.44 bits per heavy atom. The first-order valence-electron chi connectivity index (χ1n) is 19.3. The van der Waals surface area contributed by atoms with Crippen LogP contribution >= 0.6 is 0 Å². The number of nitrogens with zero attached hydrogens (tertiary/aromatic N) is 1. The molecule has 356 valence electrons. The maximum atomic E-state index is 9.66. The Kier molecular flexibility index (Phi) is 15.7. The quantitative estimate of drug-likeness (QED) is 0.122. The van der Waals surface area contributed by atoms with Gasteiger partial charge in [-0.3, -0.25) is 9.68 Å². The molecule has 28 heteroatoms. The standard InChI is InChI=1S/C7H13NO5.C7H12O6.C7H12O5.C6H11NO5.C6H10O5/c1-8-2-7(3-9)5(10)4(13-8)6(11)12-7;8-1-7-2-11-3-12-4(5(7)9)6(10)13-7;8-3-7-1-2-11-4(5(7)9)6(10)12-7;8-2-6-1-7-12-3(4(6)9)5(10)11-6;7-1-6-2-10-3(4(6)8)5(9)11-6/h4-6,9-11H,2-3H2,1H3;4-6,8-10H,1-3H2;4-6,8-10H,1-3H2;3-5,7-10H,1-2H2;3-5,7-9H,1-2H2/t4-,5?,6+,7+;4-,5?,6+,7-;4-,5?,6+,7+;3-,4?,5+,6+;3-,4?,5+,6-/m00000/s1. The van der Waals surface area contributed by atoms with Crippen LogP contribution in [0.15, 0.2) is 0 Å². The molecule has 10 aliphatic heterocycles. The summed E-state index contributed by atoms with van der Waals surface area (Å²) in [6, 6.07) is 0. The van der Waals surface area contributed by atoms with E-state index in [1.165, 1.54) is 5.06 Å². The molecule has 10 saturated heterocycles. The van der Waals surface area contributed by atoms with Crippen LogP contribution in [-0.2, 0) is 52.3 Å². The second kappa shape index (κ2) is 19.4. The Balaban J connectivity index is 0.000000128. The highest BCUT2D eigenvalue weighted by molar-refractivity contribution is 5.06. The van der Waals surface area contributed by atoms with Crippen LogP contribution in [-0.4, -0.2) is 282 Å². The molecule has 0 spiro atoms. The van der Waals surface area contributed by atoms with Crippen molar-refractivity contribution in [2.75, 3.05) is 79.8 Å². The lowest BCUT2D eigenvalue weighted by atomic mass is 9.91. The molecule has 10 heterocycles. The molecule has 10 rings (SSSR count). The molecule has 16 N–H and O–H groups in total. The predicted octanol–water partition coefficient (Wildman–Crippen LogP) is -11.2. The summed E-state index contributed by atoms with van der Waals surface area (Å²) in [6.45, 7) is -0.768. The molecule has 0 aromatic carbocycles. The molecule has 0 aromatic rings. The molecule has 5 unspecified atom stereocenters.